The second-order valence-electron chi connectivity index (χ2n) is 6.12. The number of nitrogens with zero attached hydrogens (tertiary/aromatic N) is 4. The van der Waals surface area contributed by atoms with Gasteiger partial charge in [-0.15, -0.1) is 0 Å². The number of rotatable bonds is 4. The zero-order valence-corrected chi connectivity index (χ0v) is 12.8. The standard InChI is InChI=1S/C15H25N5/c1-11(2)13-14(16-3)17-10-18-15(13)20-8-6-19(7-9-20)12-4-5-12/h10-12H,4-9H2,1-3H3,(H,16,17,18). The van der Waals surface area contributed by atoms with E-state index in [1.165, 1.54) is 31.5 Å². The van der Waals surface area contributed by atoms with E-state index in [1.54, 1.807) is 6.33 Å². The maximum Gasteiger partial charge on any atom is 0.137 e. The van der Waals surface area contributed by atoms with Gasteiger partial charge in [0.25, 0.3) is 0 Å². The van der Waals surface area contributed by atoms with Crippen molar-refractivity contribution in [1.82, 2.24) is 14.9 Å². The molecule has 0 radical (unpaired) electrons. The first-order valence-corrected chi connectivity index (χ1v) is 7.72. The van der Waals surface area contributed by atoms with Crippen LogP contribution in [0, 0.1) is 0 Å². The second-order valence-corrected chi connectivity index (χ2v) is 6.12. The van der Waals surface area contributed by atoms with Gasteiger partial charge in [-0.05, 0) is 18.8 Å². The Labute approximate surface area is 121 Å². The molecular formula is C15H25N5. The van der Waals surface area contributed by atoms with Crippen molar-refractivity contribution in [2.75, 3.05) is 43.4 Å². The van der Waals surface area contributed by atoms with Gasteiger partial charge in [-0.25, -0.2) is 9.97 Å². The molecule has 20 heavy (non-hydrogen) atoms. The topological polar surface area (TPSA) is 44.3 Å². The maximum absolute atomic E-state index is 4.57. The lowest BCUT2D eigenvalue weighted by Gasteiger charge is -2.36. The first-order valence-electron chi connectivity index (χ1n) is 7.72. The minimum absolute atomic E-state index is 0.426. The van der Waals surface area contributed by atoms with Gasteiger partial charge in [-0.1, -0.05) is 13.8 Å². The van der Waals surface area contributed by atoms with Crippen molar-refractivity contribution in [3.05, 3.63) is 11.9 Å². The first kappa shape index (κ1) is 13.6. The van der Waals surface area contributed by atoms with Crippen LogP contribution in [0.3, 0.4) is 0 Å². The van der Waals surface area contributed by atoms with Crippen molar-refractivity contribution in [3.63, 3.8) is 0 Å². The molecule has 3 rings (SSSR count). The van der Waals surface area contributed by atoms with Crippen LogP contribution in [0.1, 0.15) is 38.2 Å². The van der Waals surface area contributed by atoms with Crippen LogP contribution in [0.25, 0.3) is 0 Å². The number of piperazine rings is 1. The van der Waals surface area contributed by atoms with Crippen molar-refractivity contribution >= 4 is 11.6 Å². The lowest BCUT2D eigenvalue weighted by Crippen LogP contribution is -2.47. The lowest BCUT2D eigenvalue weighted by atomic mass is 10.0. The highest BCUT2D eigenvalue weighted by Gasteiger charge is 2.32. The van der Waals surface area contributed by atoms with Gasteiger partial charge in [-0.2, -0.15) is 0 Å². The highest BCUT2D eigenvalue weighted by Crippen LogP contribution is 2.32. The van der Waals surface area contributed by atoms with Gasteiger partial charge >= 0.3 is 0 Å². The van der Waals surface area contributed by atoms with E-state index >= 15 is 0 Å². The lowest BCUT2D eigenvalue weighted by molar-refractivity contribution is 0.247. The van der Waals surface area contributed by atoms with E-state index in [0.29, 0.717) is 5.92 Å². The molecule has 1 saturated carbocycles. The molecule has 2 aliphatic rings. The third-order valence-corrected chi connectivity index (χ3v) is 4.35. The van der Waals surface area contributed by atoms with Crippen LogP contribution in [0.4, 0.5) is 11.6 Å². The summed E-state index contributed by atoms with van der Waals surface area (Å²) < 4.78 is 0. The van der Waals surface area contributed by atoms with Gasteiger partial charge in [0, 0.05) is 44.8 Å². The van der Waals surface area contributed by atoms with Gasteiger partial charge in [0.05, 0.1) is 0 Å². The minimum Gasteiger partial charge on any atom is -0.373 e. The Hall–Kier alpha value is -1.36. The summed E-state index contributed by atoms with van der Waals surface area (Å²) in [4.78, 5) is 14.0. The molecule has 2 fully saturated rings. The van der Waals surface area contributed by atoms with Crippen molar-refractivity contribution < 1.29 is 0 Å². The van der Waals surface area contributed by atoms with Gasteiger partial charge in [0.1, 0.15) is 18.0 Å². The average Bonchev–Trinajstić information content (AvgIpc) is 3.31. The van der Waals surface area contributed by atoms with Crippen LogP contribution in [-0.4, -0.2) is 54.1 Å². The first-order chi connectivity index (χ1) is 9.70. The van der Waals surface area contributed by atoms with Crippen molar-refractivity contribution in [2.45, 2.75) is 38.6 Å². The zero-order chi connectivity index (χ0) is 14.1. The molecule has 2 heterocycles. The molecule has 110 valence electrons. The Morgan fingerprint density at radius 2 is 1.85 bits per heavy atom. The summed E-state index contributed by atoms with van der Waals surface area (Å²) in [6.45, 7) is 8.92. The Morgan fingerprint density at radius 3 is 2.40 bits per heavy atom. The summed E-state index contributed by atoms with van der Waals surface area (Å²) in [5.74, 6) is 2.51. The van der Waals surface area contributed by atoms with Gasteiger partial charge in [0.15, 0.2) is 0 Å². The number of nitrogens with one attached hydrogen (secondary N) is 1. The van der Waals surface area contributed by atoms with Crippen molar-refractivity contribution in [1.29, 1.82) is 0 Å². The highest BCUT2D eigenvalue weighted by atomic mass is 15.3. The zero-order valence-electron chi connectivity index (χ0n) is 12.8. The summed E-state index contributed by atoms with van der Waals surface area (Å²) in [6, 6.07) is 0.875. The largest absolute Gasteiger partial charge is 0.373 e. The van der Waals surface area contributed by atoms with Crippen LogP contribution in [0.15, 0.2) is 6.33 Å². The normalized spacial score (nSPS) is 20.5. The second kappa shape index (κ2) is 5.56. The Morgan fingerprint density at radius 1 is 1.15 bits per heavy atom. The summed E-state index contributed by atoms with van der Waals surface area (Å²) in [7, 11) is 1.93. The fraction of sp³-hybridized carbons (Fsp3) is 0.733. The number of anilines is 2. The number of hydrogen-bond donors (Lipinski definition) is 1. The van der Waals surface area contributed by atoms with Gasteiger partial charge < -0.3 is 10.2 Å². The van der Waals surface area contributed by atoms with E-state index < -0.39 is 0 Å². The SMILES string of the molecule is CNc1ncnc(N2CCN(C3CC3)CC2)c1C(C)C. The molecule has 0 spiro atoms. The molecule has 0 bridgehead atoms. The highest BCUT2D eigenvalue weighted by molar-refractivity contribution is 5.60. The predicted octanol–water partition coefficient (Wildman–Crippen LogP) is 1.93. The minimum atomic E-state index is 0.426. The molecule has 1 saturated heterocycles. The van der Waals surface area contributed by atoms with Gasteiger partial charge in [0.2, 0.25) is 0 Å². The molecule has 1 N–H and O–H groups in total. The molecule has 5 nitrogen and oxygen atoms in total. The Balaban J connectivity index is 1.79. The monoisotopic (exact) mass is 275 g/mol. The van der Waals surface area contributed by atoms with Crippen LogP contribution >= 0.6 is 0 Å². The van der Waals surface area contributed by atoms with E-state index in [2.05, 4.69) is 38.9 Å². The summed E-state index contributed by atoms with van der Waals surface area (Å²) in [5.41, 5.74) is 1.25. The molecule has 5 heteroatoms. The molecule has 0 aromatic carbocycles. The summed E-state index contributed by atoms with van der Waals surface area (Å²) in [5, 5.41) is 3.21. The number of aromatic nitrogens is 2. The molecule has 0 unspecified atom stereocenters. The summed E-state index contributed by atoms with van der Waals surface area (Å²) in [6.07, 6.45) is 4.48. The van der Waals surface area contributed by atoms with Crippen molar-refractivity contribution in [3.8, 4) is 0 Å². The van der Waals surface area contributed by atoms with E-state index in [9.17, 15) is 0 Å². The van der Waals surface area contributed by atoms with Crippen LogP contribution < -0.4 is 10.2 Å². The third-order valence-electron chi connectivity index (χ3n) is 4.35. The predicted molar refractivity (Wildman–Crippen MR) is 82.5 cm³/mol. The van der Waals surface area contributed by atoms with E-state index in [4.69, 9.17) is 0 Å². The average molecular weight is 275 g/mol. The smallest absolute Gasteiger partial charge is 0.137 e. The molecule has 1 aliphatic heterocycles. The van der Waals surface area contributed by atoms with E-state index in [1.807, 2.05) is 7.05 Å². The maximum atomic E-state index is 4.57. The fourth-order valence-electron chi connectivity index (χ4n) is 3.11. The van der Waals surface area contributed by atoms with E-state index in [-0.39, 0.29) is 0 Å². The van der Waals surface area contributed by atoms with Crippen molar-refractivity contribution in [2.24, 2.45) is 0 Å². The molecule has 1 aromatic rings. The van der Waals surface area contributed by atoms with Crippen LogP contribution in [0.5, 0.6) is 0 Å². The molecule has 1 aliphatic carbocycles. The Bertz CT molecular complexity index is 461. The molecular weight excluding hydrogens is 250 g/mol. The molecule has 0 amide bonds. The van der Waals surface area contributed by atoms with E-state index in [0.717, 1.165) is 30.8 Å². The molecule has 1 aromatic heterocycles. The van der Waals surface area contributed by atoms with Gasteiger partial charge in [-0.3, -0.25) is 4.90 Å². The van der Waals surface area contributed by atoms with Crippen LogP contribution in [0.2, 0.25) is 0 Å². The van der Waals surface area contributed by atoms with Crippen LogP contribution in [-0.2, 0) is 0 Å². The Kier molecular flexibility index (Phi) is 3.78. The summed E-state index contributed by atoms with van der Waals surface area (Å²) >= 11 is 0. The molecule has 0 atom stereocenters. The number of hydrogen-bond acceptors (Lipinski definition) is 5. The quantitative estimate of drug-likeness (QED) is 0.909. The fourth-order valence-corrected chi connectivity index (χ4v) is 3.11. The third kappa shape index (κ3) is 2.59.